The number of rotatable bonds is 5. The predicted octanol–water partition coefficient (Wildman–Crippen LogP) is 3.24. The smallest absolute Gasteiger partial charge is 0.165 e. The summed E-state index contributed by atoms with van der Waals surface area (Å²) in [6.07, 6.45) is 2.97. The molecule has 1 aromatic carbocycles. The molecule has 0 radical (unpaired) electrons. The molecule has 0 heterocycles. The molecule has 0 amide bonds. The van der Waals surface area contributed by atoms with Gasteiger partial charge in [-0.25, -0.2) is 4.39 Å². The van der Waals surface area contributed by atoms with E-state index in [9.17, 15) is 4.39 Å². The van der Waals surface area contributed by atoms with E-state index in [1.54, 1.807) is 12.1 Å². The highest BCUT2D eigenvalue weighted by Gasteiger charge is 2.35. The molecule has 17 heavy (non-hydrogen) atoms. The topological polar surface area (TPSA) is 35.2 Å². The highest BCUT2D eigenvalue weighted by Crippen LogP contribution is 2.39. The molecule has 0 spiro atoms. The van der Waals surface area contributed by atoms with E-state index in [0.717, 1.165) is 24.8 Å². The van der Waals surface area contributed by atoms with Gasteiger partial charge in [0, 0.05) is 12.0 Å². The summed E-state index contributed by atoms with van der Waals surface area (Å²) in [7, 11) is 0. The maximum Gasteiger partial charge on any atom is 0.165 e. The van der Waals surface area contributed by atoms with Crippen LogP contribution in [0.2, 0.25) is 0 Å². The lowest BCUT2D eigenvalue weighted by atomic mass is 10.1. The van der Waals surface area contributed by atoms with Crippen molar-refractivity contribution >= 4 is 12.4 Å². The Hall–Kier alpha value is -0.800. The predicted molar refractivity (Wildman–Crippen MR) is 69.4 cm³/mol. The van der Waals surface area contributed by atoms with E-state index in [2.05, 4.69) is 6.92 Å². The van der Waals surface area contributed by atoms with Gasteiger partial charge in [-0.2, -0.15) is 0 Å². The minimum atomic E-state index is -0.271. The Balaban J connectivity index is 0.00000144. The second kappa shape index (κ2) is 6.22. The Morgan fingerprint density at radius 3 is 2.71 bits per heavy atom. The Morgan fingerprint density at radius 1 is 1.47 bits per heavy atom. The number of hydrogen-bond donors (Lipinski definition) is 1. The van der Waals surface area contributed by atoms with Crippen molar-refractivity contribution in [3.05, 3.63) is 29.6 Å². The molecule has 1 fully saturated rings. The van der Waals surface area contributed by atoms with Gasteiger partial charge in [0.25, 0.3) is 0 Å². The molecule has 2 atom stereocenters. The average Bonchev–Trinajstić information content (AvgIpc) is 2.98. The first-order valence-electron chi connectivity index (χ1n) is 5.90. The summed E-state index contributed by atoms with van der Waals surface area (Å²) in [6, 6.07) is 5.40. The molecule has 2 unspecified atom stereocenters. The van der Waals surface area contributed by atoms with Crippen molar-refractivity contribution in [1.82, 2.24) is 0 Å². The normalized spacial score (nSPS) is 21.8. The second-order valence-corrected chi connectivity index (χ2v) is 4.40. The molecular formula is C13H19ClFNO. The molecule has 1 aliphatic rings. The monoisotopic (exact) mass is 259 g/mol. The highest BCUT2D eigenvalue weighted by molar-refractivity contribution is 5.85. The zero-order chi connectivity index (χ0) is 11.5. The first-order valence-corrected chi connectivity index (χ1v) is 5.90. The van der Waals surface area contributed by atoms with Gasteiger partial charge in [0.15, 0.2) is 11.6 Å². The quantitative estimate of drug-likeness (QED) is 0.824. The summed E-state index contributed by atoms with van der Waals surface area (Å²) < 4.78 is 19.0. The van der Waals surface area contributed by atoms with E-state index in [-0.39, 0.29) is 24.3 Å². The van der Waals surface area contributed by atoms with E-state index >= 15 is 0 Å². The fourth-order valence-corrected chi connectivity index (χ4v) is 1.79. The van der Waals surface area contributed by atoms with Crippen molar-refractivity contribution in [3.63, 3.8) is 0 Å². The van der Waals surface area contributed by atoms with Gasteiger partial charge in [0.2, 0.25) is 0 Å². The first kappa shape index (κ1) is 14.3. The minimum absolute atomic E-state index is 0. The fraction of sp³-hybridized carbons (Fsp3) is 0.538. The van der Waals surface area contributed by atoms with Gasteiger partial charge in [-0.3, -0.25) is 0 Å². The molecule has 0 aromatic heterocycles. The van der Waals surface area contributed by atoms with Gasteiger partial charge in [-0.05, 0) is 30.5 Å². The average molecular weight is 260 g/mol. The van der Waals surface area contributed by atoms with Crippen LogP contribution < -0.4 is 10.5 Å². The van der Waals surface area contributed by atoms with Crippen LogP contribution in [0.4, 0.5) is 4.39 Å². The van der Waals surface area contributed by atoms with Crippen molar-refractivity contribution in [3.8, 4) is 5.75 Å². The Bertz CT molecular complexity index is 372. The molecule has 1 aliphatic carbocycles. The summed E-state index contributed by atoms with van der Waals surface area (Å²) in [4.78, 5) is 0. The highest BCUT2D eigenvalue weighted by atomic mass is 35.5. The molecule has 0 saturated heterocycles. The standard InChI is InChI=1S/C13H18FNO.ClH/c1-2-3-6-16-13-5-4-9(7-11(13)14)10-8-12(10)15;/h4-5,7,10,12H,2-3,6,8,15H2,1H3;1H. The zero-order valence-electron chi connectivity index (χ0n) is 9.99. The number of unbranched alkanes of at least 4 members (excludes halogenated alkanes) is 1. The summed E-state index contributed by atoms with van der Waals surface area (Å²) >= 11 is 0. The number of benzene rings is 1. The van der Waals surface area contributed by atoms with Gasteiger partial charge in [0.1, 0.15) is 0 Å². The molecule has 96 valence electrons. The van der Waals surface area contributed by atoms with Gasteiger partial charge in [-0.15, -0.1) is 12.4 Å². The molecule has 2 N–H and O–H groups in total. The van der Waals surface area contributed by atoms with Gasteiger partial charge in [-0.1, -0.05) is 19.4 Å². The summed E-state index contributed by atoms with van der Waals surface area (Å²) in [6.45, 7) is 2.66. The number of nitrogens with two attached hydrogens (primary N) is 1. The largest absolute Gasteiger partial charge is 0.491 e. The maximum atomic E-state index is 13.6. The second-order valence-electron chi connectivity index (χ2n) is 4.40. The van der Waals surface area contributed by atoms with Crippen LogP contribution in [0.15, 0.2) is 18.2 Å². The van der Waals surface area contributed by atoms with E-state index in [1.807, 2.05) is 6.07 Å². The molecule has 4 heteroatoms. The lowest BCUT2D eigenvalue weighted by Crippen LogP contribution is -2.02. The Labute approximate surface area is 108 Å². The molecule has 0 aliphatic heterocycles. The fourth-order valence-electron chi connectivity index (χ4n) is 1.79. The van der Waals surface area contributed by atoms with Crippen LogP contribution in [0.1, 0.15) is 37.7 Å². The van der Waals surface area contributed by atoms with E-state index < -0.39 is 0 Å². The van der Waals surface area contributed by atoms with Gasteiger partial charge in [0.05, 0.1) is 6.61 Å². The third-order valence-electron chi connectivity index (χ3n) is 2.98. The van der Waals surface area contributed by atoms with Crippen molar-refractivity contribution in [1.29, 1.82) is 0 Å². The van der Waals surface area contributed by atoms with E-state index in [0.29, 0.717) is 18.3 Å². The molecule has 1 saturated carbocycles. The van der Waals surface area contributed by atoms with Crippen molar-refractivity contribution in [2.75, 3.05) is 6.61 Å². The molecule has 1 aromatic rings. The van der Waals surface area contributed by atoms with Crippen molar-refractivity contribution < 1.29 is 9.13 Å². The van der Waals surface area contributed by atoms with Crippen LogP contribution in [0.3, 0.4) is 0 Å². The van der Waals surface area contributed by atoms with Crippen molar-refractivity contribution in [2.24, 2.45) is 5.73 Å². The Kier molecular flexibility index (Phi) is 5.22. The van der Waals surface area contributed by atoms with Crippen molar-refractivity contribution in [2.45, 2.75) is 38.1 Å². The minimum Gasteiger partial charge on any atom is -0.491 e. The maximum absolute atomic E-state index is 13.6. The third-order valence-corrected chi connectivity index (χ3v) is 2.98. The SMILES string of the molecule is CCCCOc1ccc(C2CC2N)cc1F.Cl. The molecule has 2 rings (SSSR count). The van der Waals surface area contributed by atoms with Crippen LogP contribution in [-0.2, 0) is 0 Å². The van der Waals surface area contributed by atoms with Crippen LogP contribution >= 0.6 is 12.4 Å². The van der Waals surface area contributed by atoms with Crippen LogP contribution in [-0.4, -0.2) is 12.6 Å². The number of ether oxygens (including phenoxy) is 1. The summed E-state index contributed by atoms with van der Waals surface area (Å²) in [5, 5.41) is 0. The van der Waals surface area contributed by atoms with Crippen LogP contribution in [0, 0.1) is 5.82 Å². The number of halogens is 2. The Morgan fingerprint density at radius 2 is 2.18 bits per heavy atom. The third kappa shape index (κ3) is 3.58. The zero-order valence-corrected chi connectivity index (χ0v) is 10.8. The summed E-state index contributed by atoms with van der Waals surface area (Å²) in [5.41, 5.74) is 6.72. The van der Waals surface area contributed by atoms with E-state index in [1.165, 1.54) is 0 Å². The van der Waals surface area contributed by atoms with Gasteiger partial charge < -0.3 is 10.5 Å². The molecule has 2 nitrogen and oxygen atoms in total. The van der Waals surface area contributed by atoms with Crippen LogP contribution in [0.25, 0.3) is 0 Å². The van der Waals surface area contributed by atoms with E-state index in [4.69, 9.17) is 10.5 Å². The lowest BCUT2D eigenvalue weighted by Gasteiger charge is -2.07. The molecular weight excluding hydrogens is 241 g/mol. The summed E-state index contributed by atoms with van der Waals surface area (Å²) in [5.74, 6) is 0.429. The number of hydrogen-bond acceptors (Lipinski definition) is 2. The lowest BCUT2D eigenvalue weighted by molar-refractivity contribution is 0.294. The molecule has 0 bridgehead atoms. The van der Waals surface area contributed by atoms with Gasteiger partial charge >= 0.3 is 0 Å². The van der Waals surface area contributed by atoms with Crippen LogP contribution in [0.5, 0.6) is 5.75 Å². The first-order chi connectivity index (χ1) is 7.72.